The molecule has 6 nitrogen and oxygen atoms in total. The summed E-state index contributed by atoms with van der Waals surface area (Å²) in [7, 11) is 2.18. The van der Waals surface area contributed by atoms with Crippen molar-refractivity contribution in [2.45, 2.75) is 38.6 Å². The summed E-state index contributed by atoms with van der Waals surface area (Å²) >= 11 is 1.60. The second-order valence-electron chi connectivity index (χ2n) is 7.70. The van der Waals surface area contributed by atoms with Crippen molar-refractivity contribution in [3.8, 4) is 0 Å². The number of nitrogens with zero attached hydrogens (tertiary/aromatic N) is 4. The first-order chi connectivity index (χ1) is 12.6. The quantitative estimate of drug-likeness (QED) is 0.804. The van der Waals surface area contributed by atoms with Gasteiger partial charge in [-0.05, 0) is 39.2 Å². The van der Waals surface area contributed by atoms with Crippen molar-refractivity contribution >= 4 is 17.2 Å². The Kier molecular flexibility index (Phi) is 7.03. The minimum atomic E-state index is 0.195. The van der Waals surface area contributed by atoms with Crippen molar-refractivity contribution in [1.82, 2.24) is 19.7 Å². The number of piperazine rings is 1. The Labute approximate surface area is 160 Å². The van der Waals surface area contributed by atoms with Crippen LogP contribution in [0.15, 0.2) is 5.38 Å². The van der Waals surface area contributed by atoms with Gasteiger partial charge in [-0.1, -0.05) is 0 Å². The van der Waals surface area contributed by atoms with E-state index in [1.54, 1.807) is 11.3 Å². The molecule has 2 atom stereocenters. The molecule has 0 unspecified atom stereocenters. The average molecular weight is 381 g/mol. The number of carbonyl (C=O) groups is 1. The summed E-state index contributed by atoms with van der Waals surface area (Å²) in [5.41, 5.74) is 0.894. The molecule has 26 heavy (non-hydrogen) atoms. The van der Waals surface area contributed by atoms with Gasteiger partial charge in [0, 0.05) is 57.3 Å². The Balaban J connectivity index is 1.60. The lowest BCUT2D eigenvalue weighted by Crippen LogP contribution is -2.57. The van der Waals surface area contributed by atoms with E-state index in [2.05, 4.69) is 21.8 Å². The Morgan fingerprint density at radius 3 is 2.73 bits per heavy atom. The number of hydrogen-bond acceptors (Lipinski definition) is 6. The molecule has 1 aromatic rings. The summed E-state index contributed by atoms with van der Waals surface area (Å²) in [6.45, 7) is 8.34. The predicted octanol–water partition coefficient (Wildman–Crippen LogP) is 1.23. The number of amides is 1. The van der Waals surface area contributed by atoms with Gasteiger partial charge in [0.15, 0.2) is 0 Å². The average Bonchev–Trinajstić information content (AvgIpc) is 3.05. The summed E-state index contributed by atoms with van der Waals surface area (Å²) in [6.07, 6.45) is 3.27. The summed E-state index contributed by atoms with van der Waals surface area (Å²) < 4.78 is 0. The van der Waals surface area contributed by atoms with E-state index >= 15 is 0 Å². The fourth-order valence-corrected chi connectivity index (χ4v) is 4.89. The highest BCUT2D eigenvalue weighted by Crippen LogP contribution is 2.27. The minimum absolute atomic E-state index is 0.195. The van der Waals surface area contributed by atoms with Crippen LogP contribution < -0.4 is 0 Å². The van der Waals surface area contributed by atoms with E-state index in [1.807, 2.05) is 17.2 Å². The standard InChI is InChI=1S/C19H32N4O2S/c1-15-20-17(14-26-15)12-19(25)23-6-5-18(16(13-23)4-3-11-24)22-9-7-21(2)8-10-22/h14,16,18,24H,3-13H2,1-2H3/t16-,18+/m0/s1. The highest BCUT2D eigenvalue weighted by Gasteiger charge is 2.35. The number of hydrogen-bond donors (Lipinski definition) is 1. The zero-order chi connectivity index (χ0) is 18.5. The van der Waals surface area contributed by atoms with E-state index in [4.69, 9.17) is 0 Å². The van der Waals surface area contributed by atoms with E-state index < -0.39 is 0 Å². The molecule has 2 aliphatic rings. The van der Waals surface area contributed by atoms with Gasteiger partial charge in [-0.3, -0.25) is 9.69 Å². The number of aliphatic hydroxyl groups is 1. The molecule has 0 saturated carbocycles. The number of rotatable bonds is 6. The number of carbonyl (C=O) groups excluding carboxylic acids is 1. The van der Waals surface area contributed by atoms with Crippen LogP contribution in [0.2, 0.25) is 0 Å². The second kappa shape index (κ2) is 9.26. The summed E-state index contributed by atoms with van der Waals surface area (Å²) in [6, 6.07) is 0.542. The van der Waals surface area contributed by atoms with E-state index in [-0.39, 0.29) is 12.5 Å². The number of piperidine rings is 1. The third-order valence-corrected chi connectivity index (χ3v) is 6.61. The molecule has 0 spiro atoms. The summed E-state index contributed by atoms with van der Waals surface area (Å²) in [5, 5.41) is 12.3. The van der Waals surface area contributed by atoms with Crippen LogP contribution in [-0.4, -0.2) is 89.7 Å². The smallest absolute Gasteiger partial charge is 0.228 e. The Morgan fingerprint density at radius 2 is 2.08 bits per heavy atom. The Bertz CT molecular complexity index is 586. The third kappa shape index (κ3) is 5.03. The molecule has 146 valence electrons. The predicted molar refractivity (Wildman–Crippen MR) is 104 cm³/mol. The molecule has 0 radical (unpaired) electrons. The number of aryl methyl sites for hydroxylation is 1. The number of likely N-dealkylation sites (N-methyl/N-ethyl adjacent to an activating group) is 1. The van der Waals surface area contributed by atoms with Gasteiger partial charge in [-0.2, -0.15) is 0 Å². The molecular formula is C19H32N4O2S. The molecule has 2 fully saturated rings. The molecule has 3 heterocycles. The first-order valence-corrected chi connectivity index (χ1v) is 10.7. The molecule has 7 heteroatoms. The maximum Gasteiger partial charge on any atom is 0.228 e. The van der Waals surface area contributed by atoms with Gasteiger partial charge < -0.3 is 14.9 Å². The van der Waals surface area contributed by atoms with Gasteiger partial charge in [0.05, 0.1) is 17.1 Å². The van der Waals surface area contributed by atoms with Crippen molar-refractivity contribution in [3.63, 3.8) is 0 Å². The van der Waals surface area contributed by atoms with Gasteiger partial charge in [0.2, 0.25) is 5.91 Å². The van der Waals surface area contributed by atoms with Crippen LogP contribution in [0.5, 0.6) is 0 Å². The second-order valence-corrected chi connectivity index (χ2v) is 8.76. The SMILES string of the molecule is Cc1nc(CC(=O)N2CC[C@@H](N3CCN(C)CC3)[C@@H](CCCO)C2)cs1. The number of thiazole rings is 1. The Morgan fingerprint density at radius 1 is 1.31 bits per heavy atom. The molecule has 0 aliphatic carbocycles. The first kappa shape index (κ1) is 19.7. The van der Waals surface area contributed by atoms with Crippen molar-refractivity contribution < 1.29 is 9.90 Å². The topological polar surface area (TPSA) is 59.9 Å². The van der Waals surface area contributed by atoms with Crippen LogP contribution in [0.3, 0.4) is 0 Å². The van der Waals surface area contributed by atoms with Crippen LogP contribution in [0.4, 0.5) is 0 Å². The Hall–Kier alpha value is -1.02. The molecule has 3 rings (SSSR count). The molecule has 2 saturated heterocycles. The van der Waals surface area contributed by atoms with Crippen molar-refractivity contribution in [3.05, 3.63) is 16.1 Å². The number of aliphatic hydroxyl groups excluding tert-OH is 1. The number of likely N-dealkylation sites (tertiary alicyclic amines) is 1. The van der Waals surface area contributed by atoms with Crippen molar-refractivity contribution in [1.29, 1.82) is 0 Å². The van der Waals surface area contributed by atoms with Crippen LogP contribution in [0, 0.1) is 12.8 Å². The lowest BCUT2D eigenvalue weighted by Gasteiger charge is -2.46. The van der Waals surface area contributed by atoms with Crippen LogP contribution >= 0.6 is 11.3 Å². The summed E-state index contributed by atoms with van der Waals surface area (Å²) in [5.74, 6) is 0.654. The van der Waals surface area contributed by atoms with Crippen LogP contribution in [-0.2, 0) is 11.2 Å². The largest absolute Gasteiger partial charge is 0.396 e. The van der Waals surface area contributed by atoms with Crippen molar-refractivity contribution in [2.75, 3.05) is 52.9 Å². The third-order valence-electron chi connectivity index (χ3n) is 5.79. The lowest BCUT2D eigenvalue weighted by atomic mass is 9.86. The molecule has 0 aromatic carbocycles. The van der Waals surface area contributed by atoms with Crippen molar-refractivity contribution in [2.24, 2.45) is 5.92 Å². The van der Waals surface area contributed by atoms with Gasteiger partial charge in [-0.15, -0.1) is 11.3 Å². The van der Waals surface area contributed by atoms with Crippen LogP contribution in [0.1, 0.15) is 30.0 Å². The highest BCUT2D eigenvalue weighted by molar-refractivity contribution is 7.09. The van der Waals surface area contributed by atoms with E-state index in [9.17, 15) is 9.90 Å². The fourth-order valence-electron chi connectivity index (χ4n) is 4.27. The molecule has 1 N–H and O–H groups in total. The monoisotopic (exact) mass is 380 g/mol. The first-order valence-electron chi connectivity index (χ1n) is 9.79. The molecule has 1 aromatic heterocycles. The molecule has 1 amide bonds. The van der Waals surface area contributed by atoms with E-state index in [0.29, 0.717) is 18.4 Å². The molecular weight excluding hydrogens is 348 g/mol. The zero-order valence-corrected chi connectivity index (χ0v) is 16.9. The van der Waals surface area contributed by atoms with E-state index in [0.717, 1.165) is 69.2 Å². The maximum atomic E-state index is 12.7. The minimum Gasteiger partial charge on any atom is -0.396 e. The van der Waals surface area contributed by atoms with Gasteiger partial charge in [0.1, 0.15) is 0 Å². The van der Waals surface area contributed by atoms with Crippen LogP contribution in [0.25, 0.3) is 0 Å². The van der Waals surface area contributed by atoms with E-state index in [1.165, 1.54) is 0 Å². The van der Waals surface area contributed by atoms with Gasteiger partial charge in [0.25, 0.3) is 0 Å². The van der Waals surface area contributed by atoms with Gasteiger partial charge >= 0.3 is 0 Å². The maximum absolute atomic E-state index is 12.7. The number of aromatic nitrogens is 1. The zero-order valence-electron chi connectivity index (χ0n) is 16.1. The molecule has 0 bridgehead atoms. The van der Waals surface area contributed by atoms with Gasteiger partial charge in [-0.25, -0.2) is 4.98 Å². The lowest BCUT2D eigenvalue weighted by molar-refractivity contribution is -0.133. The molecule has 2 aliphatic heterocycles. The fraction of sp³-hybridized carbons (Fsp3) is 0.789. The normalized spacial score (nSPS) is 25.6. The summed E-state index contributed by atoms with van der Waals surface area (Å²) in [4.78, 5) is 24.2. The highest BCUT2D eigenvalue weighted by atomic mass is 32.1.